The van der Waals surface area contributed by atoms with Crippen LogP contribution in [0.15, 0.2) is 97.3 Å². The number of pyridine rings is 2. The Bertz CT molecular complexity index is 1410. The van der Waals surface area contributed by atoms with Gasteiger partial charge in [-0.3, -0.25) is 0 Å². The number of hydrogen-bond acceptors (Lipinski definition) is 6. The van der Waals surface area contributed by atoms with Crippen molar-refractivity contribution in [3.8, 4) is 0 Å². The van der Waals surface area contributed by atoms with Gasteiger partial charge in [0.1, 0.15) is 0 Å². The topological polar surface area (TPSA) is 106 Å². The minimum absolute atomic E-state index is 0. The number of aromatic nitrogens is 2. The molecule has 0 amide bonds. The zero-order chi connectivity index (χ0) is 25.9. The number of fused-ring (bicyclic) bond motifs is 6. The van der Waals surface area contributed by atoms with Crippen LogP contribution in [0.4, 0.5) is 0 Å². The van der Waals surface area contributed by atoms with E-state index in [9.17, 15) is 0 Å². The van der Waals surface area contributed by atoms with Crippen molar-refractivity contribution in [3.63, 3.8) is 0 Å². The SMILES string of the molecule is CC(=O)[O-].CC(=O)[O-].[F-].[F-].[Pd].[Pd].[c-]1cccc2ccc3cccnc3c12.[c-]1cccc2ccc3cccnc3c12. The molecule has 10 heteroatoms. The molecule has 0 atom stereocenters. The van der Waals surface area contributed by atoms with Gasteiger partial charge >= 0.3 is 0 Å². The van der Waals surface area contributed by atoms with Gasteiger partial charge in [-0.15, -0.1) is 70.1 Å². The number of carbonyl (C=O) groups is 2. The van der Waals surface area contributed by atoms with E-state index in [-0.39, 0.29) is 50.3 Å². The smallest absolute Gasteiger partial charge is 0.0383 e. The van der Waals surface area contributed by atoms with Crippen LogP contribution in [0, 0.1) is 12.1 Å². The van der Waals surface area contributed by atoms with E-state index in [1.165, 1.54) is 21.5 Å². The van der Waals surface area contributed by atoms with Gasteiger partial charge in [-0.25, -0.2) is 0 Å². The number of carboxylic acid groups (broad SMARTS) is 2. The molecule has 6 rings (SSSR count). The first kappa shape index (κ1) is 38.5. The second-order valence-corrected chi connectivity index (χ2v) is 7.53. The Morgan fingerprint density at radius 2 is 0.875 bits per heavy atom. The van der Waals surface area contributed by atoms with Crippen LogP contribution in [0.1, 0.15) is 13.8 Å². The molecule has 4 aromatic carbocycles. The molecular weight excluding hydrogens is 703 g/mol. The first-order valence-corrected chi connectivity index (χ1v) is 11.0. The summed E-state index contributed by atoms with van der Waals surface area (Å²) in [5, 5.41) is 24.7. The predicted octanol–water partition coefficient (Wildman–Crippen LogP) is -2.11. The third-order valence-electron chi connectivity index (χ3n) is 4.81. The summed E-state index contributed by atoms with van der Waals surface area (Å²) in [5.41, 5.74) is 2.07. The van der Waals surface area contributed by atoms with Gasteiger partial charge in [0.2, 0.25) is 0 Å². The number of carboxylic acids is 2. The van der Waals surface area contributed by atoms with Gasteiger partial charge in [0.05, 0.1) is 0 Å². The maximum atomic E-state index is 8.89. The minimum Gasteiger partial charge on any atom is -1.00 e. The molecule has 0 aliphatic heterocycles. The Kier molecular flexibility index (Phi) is 18.7. The molecule has 6 nitrogen and oxygen atoms in total. The van der Waals surface area contributed by atoms with E-state index in [0.717, 1.165) is 35.7 Å². The van der Waals surface area contributed by atoms with Crippen molar-refractivity contribution < 1.29 is 70.1 Å². The fourth-order valence-electron chi connectivity index (χ4n) is 3.47. The molecule has 2 aromatic heterocycles. The van der Waals surface area contributed by atoms with E-state index in [1.807, 2.05) is 48.8 Å². The van der Waals surface area contributed by atoms with E-state index in [0.29, 0.717) is 0 Å². The standard InChI is InChI=1S/2C13H8N.2C2H4O2.2FH.2Pd/c2*1-2-6-12-10(4-1)7-8-11-5-3-9-14-13(11)12;2*1-2(3)4;;;;/h2*1-5,7-9H;2*1H3,(H,3,4);2*1H;;/q2*-1;;;;;;/p-4. The number of halogens is 2. The molecule has 0 saturated carbocycles. The molecule has 0 bridgehead atoms. The van der Waals surface area contributed by atoms with Crippen LogP contribution < -0.4 is 19.6 Å². The molecule has 216 valence electrons. The van der Waals surface area contributed by atoms with E-state index in [1.54, 1.807) is 0 Å². The van der Waals surface area contributed by atoms with Crippen LogP contribution in [0.5, 0.6) is 0 Å². The van der Waals surface area contributed by atoms with Crippen LogP contribution in [0.25, 0.3) is 43.4 Å². The number of carbonyl (C=O) groups excluding carboxylic acids is 2. The molecule has 0 spiro atoms. The second kappa shape index (κ2) is 19.4. The number of nitrogens with zero attached hydrogens (tertiary/aromatic N) is 2. The average molecular weight is 725 g/mol. The summed E-state index contributed by atoms with van der Waals surface area (Å²) in [6.45, 7) is 1.94. The van der Waals surface area contributed by atoms with Crippen molar-refractivity contribution in [1.82, 2.24) is 9.97 Å². The van der Waals surface area contributed by atoms with Gasteiger partial charge in [-0.1, -0.05) is 36.4 Å². The molecule has 0 aliphatic carbocycles. The number of aliphatic carboxylic acids is 2. The van der Waals surface area contributed by atoms with Crippen LogP contribution in [0.3, 0.4) is 0 Å². The van der Waals surface area contributed by atoms with Crippen LogP contribution in [-0.2, 0) is 50.4 Å². The summed E-state index contributed by atoms with van der Waals surface area (Å²) in [6, 6.07) is 34.9. The Morgan fingerprint density at radius 1 is 0.575 bits per heavy atom. The molecule has 40 heavy (non-hydrogen) atoms. The average Bonchev–Trinajstić information content (AvgIpc) is 2.88. The van der Waals surface area contributed by atoms with Gasteiger partial charge < -0.3 is 39.2 Å². The molecule has 0 radical (unpaired) electrons. The van der Waals surface area contributed by atoms with Crippen molar-refractivity contribution in [1.29, 1.82) is 0 Å². The maximum Gasteiger partial charge on any atom is 0.0383 e. The summed E-state index contributed by atoms with van der Waals surface area (Å²) < 4.78 is 0. The zero-order valence-corrected chi connectivity index (χ0v) is 24.3. The summed E-state index contributed by atoms with van der Waals surface area (Å²) in [6.07, 6.45) is 3.64. The normalized spacial score (nSPS) is 8.85. The minimum atomic E-state index is -1.08. The van der Waals surface area contributed by atoms with Gasteiger partial charge in [0, 0.05) is 65.2 Å². The zero-order valence-electron chi connectivity index (χ0n) is 21.2. The number of hydrogen-bond donors (Lipinski definition) is 0. The third-order valence-corrected chi connectivity index (χ3v) is 4.81. The summed E-state index contributed by atoms with van der Waals surface area (Å²) in [5.74, 6) is -2.17. The fourth-order valence-corrected chi connectivity index (χ4v) is 3.47. The van der Waals surface area contributed by atoms with Crippen LogP contribution in [-0.4, -0.2) is 21.9 Å². The van der Waals surface area contributed by atoms with Gasteiger partial charge in [-0.05, 0) is 47.8 Å². The van der Waals surface area contributed by atoms with Crippen molar-refractivity contribution in [2.45, 2.75) is 13.8 Å². The van der Waals surface area contributed by atoms with Crippen molar-refractivity contribution in [2.75, 3.05) is 0 Å². The van der Waals surface area contributed by atoms with E-state index in [4.69, 9.17) is 19.8 Å². The Hall–Kier alpha value is -3.66. The first-order chi connectivity index (χ1) is 17.4. The Labute approximate surface area is 257 Å². The van der Waals surface area contributed by atoms with Crippen molar-refractivity contribution in [2.24, 2.45) is 0 Å². The number of benzene rings is 4. The van der Waals surface area contributed by atoms with E-state index < -0.39 is 11.9 Å². The van der Waals surface area contributed by atoms with Crippen LogP contribution in [0.2, 0.25) is 0 Å². The van der Waals surface area contributed by atoms with Crippen molar-refractivity contribution in [3.05, 3.63) is 109 Å². The largest absolute Gasteiger partial charge is 1.00 e. The molecular formula is C30H22F2N2O4Pd2-6. The predicted molar refractivity (Wildman–Crippen MR) is 138 cm³/mol. The number of rotatable bonds is 0. The van der Waals surface area contributed by atoms with Crippen LogP contribution >= 0.6 is 0 Å². The van der Waals surface area contributed by atoms with Gasteiger partial charge in [0.15, 0.2) is 0 Å². The fraction of sp³-hybridized carbons (Fsp3) is 0.0667. The van der Waals surface area contributed by atoms with E-state index in [2.05, 4.69) is 70.6 Å². The summed E-state index contributed by atoms with van der Waals surface area (Å²) in [7, 11) is 0. The maximum absolute atomic E-state index is 8.89. The van der Waals surface area contributed by atoms with Crippen molar-refractivity contribution >= 4 is 55.3 Å². The molecule has 0 aliphatic rings. The van der Waals surface area contributed by atoms with Gasteiger partial charge in [0.25, 0.3) is 0 Å². The molecule has 2 heterocycles. The van der Waals surface area contributed by atoms with Gasteiger partial charge in [-0.2, -0.15) is 0 Å². The van der Waals surface area contributed by atoms with E-state index >= 15 is 0 Å². The Balaban J connectivity index is 0. The quantitative estimate of drug-likeness (QED) is 0.101. The molecule has 0 saturated heterocycles. The second-order valence-electron chi connectivity index (χ2n) is 7.53. The summed E-state index contributed by atoms with van der Waals surface area (Å²) in [4.78, 5) is 26.5. The molecule has 6 aromatic rings. The Morgan fingerprint density at radius 3 is 1.23 bits per heavy atom. The molecule has 0 fully saturated rings. The first-order valence-electron chi connectivity index (χ1n) is 11.0. The molecule has 0 unspecified atom stereocenters. The molecule has 0 N–H and O–H groups in total. The summed E-state index contributed by atoms with van der Waals surface area (Å²) >= 11 is 0. The monoisotopic (exact) mass is 724 g/mol. The third kappa shape index (κ3) is 11.2.